The largest absolute Gasteiger partial charge is 0.516 e. The molecule has 1 fully saturated rings. The Labute approximate surface area is 143 Å². The Hall–Kier alpha value is -2.27. The summed E-state index contributed by atoms with van der Waals surface area (Å²) in [5.74, 6) is 0.112. The Bertz CT molecular complexity index is 536. The van der Waals surface area contributed by atoms with Crippen molar-refractivity contribution in [1.29, 1.82) is 0 Å². The highest BCUT2D eigenvalue weighted by Crippen LogP contribution is 2.18. The van der Waals surface area contributed by atoms with Gasteiger partial charge in [0.15, 0.2) is 0 Å². The Morgan fingerprint density at radius 2 is 1.84 bits per heavy atom. The maximum Gasteiger partial charge on any atom is 0.516 e. The molecule has 0 N–H and O–H groups in total. The topological polar surface area (TPSA) is 116 Å². The number of hydrogen-bond acceptors (Lipinski definition) is 9. The third-order valence-electron chi connectivity index (χ3n) is 3.01. The molecule has 138 valence electrons. The van der Waals surface area contributed by atoms with Crippen molar-refractivity contribution in [2.45, 2.75) is 12.7 Å². The number of carbonyl (C=O) groups is 1. The third-order valence-corrected chi connectivity index (χ3v) is 3.01. The van der Waals surface area contributed by atoms with Gasteiger partial charge >= 0.3 is 6.16 Å². The summed E-state index contributed by atoms with van der Waals surface area (Å²) in [6.45, 7) is 1.71. The van der Waals surface area contributed by atoms with Gasteiger partial charge in [0.25, 0.3) is 5.69 Å². The van der Waals surface area contributed by atoms with Crippen LogP contribution in [0.25, 0.3) is 0 Å². The molecule has 0 amide bonds. The molecular weight excluding hydrogens is 338 g/mol. The van der Waals surface area contributed by atoms with Crippen LogP contribution in [0.1, 0.15) is 6.42 Å². The van der Waals surface area contributed by atoms with Gasteiger partial charge in [0.1, 0.15) is 19.1 Å². The summed E-state index contributed by atoms with van der Waals surface area (Å²) < 4.78 is 31.0. The van der Waals surface area contributed by atoms with Crippen LogP contribution in [0.2, 0.25) is 0 Å². The molecule has 1 unspecified atom stereocenters. The van der Waals surface area contributed by atoms with Crippen molar-refractivity contribution in [2.75, 3.05) is 39.8 Å². The zero-order chi connectivity index (χ0) is 17.9. The van der Waals surface area contributed by atoms with Crippen LogP contribution in [-0.4, -0.2) is 57.2 Å². The molecule has 10 nitrogen and oxygen atoms in total. The first kappa shape index (κ1) is 19.1. The molecule has 1 heterocycles. The first-order valence-electron chi connectivity index (χ1n) is 7.63. The van der Waals surface area contributed by atoms with Crippen molar-refractivity contribution in [3.63, 3.8) is 0 Å². The van der Waals surface area contributed by atoms with Gasteiger partial charge in [-0.15, -0.1) is 0 Å². The van der Waals surface area contributed by atoms with Gasteiger partial charge in [0.05, 0.1) is 24.7 Å². The van der Waals surface area contributed by atoms with E-state index in [1.165, 1.54) is 24.3 Å². The lowest BCUT2D eigenvalue weighted by Gasteiger charge is -2.19. The van der Waals surface area contributed by atoms with Crippen molar-refractivity contribution in [3.05, 3.63) is 34.4 Å². The smallest absolute Gasteiger partial charge is 0.401 e. The van der Waals surface area contributed by atoms with Gasteiger partial charge in [-0.2, -0.15) is 0 Å². The highest BCUT2D eigenvalue weighted by molar-refractivity contribution is 5.64. The monoisotopic (exact) mass is 357 g/mol. The Balaban J connectivity index is 1.82. The Morgan fingerprint density at radius 3 is 2.60 bits per heavy atom. The van der Waals surface area contributed by atoms with Gasteiger partial charge in [-0.1, -0.05) is 0 Å². The van der Waals surface area contributed by atoms with Crippen LogP contribution in [0.3, 0.4) is 0 Å². The summed E-state index contributed by atoms with van der Waals surface area (Å²) in [5.41, 5.74) is -0.112. The molecule has 2 rings (SSSR count). The Kier molecular flexibility index (Phi) is 8.05. The first-order valence-corrected chi connectivity index (χ1v) is 7.63. The minimum atomic E-state index is -1.01. The molecule has 0 spiro atoms. The molecule has 0 aliphatic carbocycles. The van der Waals surface area contributed by atoms with E-state index in [9.17, 15) is 14.9 Å². The van der Waals surface area contributed by atoms with E-state index >= 15 is 0 Å². The average Bonchev–Trinajstić information content (AvgIpc) is 2.57. The van der Waals surface area contributed by atoms with Crippen molar-refractivity contribution >= 4 is 11.8 Å². The lowest BCUT2D eigenvalue weighted by Crippen LogP contribution is -2.29. The molecule has 0 radical (unpaired) electrons. The maximum atomic E-state index is 11.8. The van der Waals surface area contributed by atoms with Gasteiger partial charge in [0, 0.05) is 18.7 Å². The molecule has 1 aliphatic heterocycles. The molecule has 0 saturated carbocycles. The highest BCUT2D eigenvalue weighted by atomic mass is 16.8. The summed E-state index contributed by atoms with van der Waals surface area (Å²) in [5, 5.41) is 10.6. The molecular formula is C15H19NO9. The predicted molar refractivity (Wildman–Crippen MR) is 82.2 cm³/mol. The van der Waals surface area contributed by atoms with Crippen LogP contribution in [0.15, 0.2) is 24.3 Å². The van der Waals surface area contributed by atoms with E-state index in [-0.39, 0.29) is 24.8 Å². The van der Waals surface area contributed by atoms with Crippen LogP contribution < -0.4 is 4.74 Å². The number of benzene rings is 1. The zero-order valence-electron chi connectivity index (χ0n) is 13.5. The maximum absolute atomic E-state index is 11.8. The molecule has 10 heteroatoms. The molecule has 1 aromatic carbocycles. The van der Waals surface area contributed by atoms with Crippen LogP contribution >= 0.6 is 0 Å². The summed E-state index contributed by atoms with van der Waals surface area (Å²) in [6, 6.07) is 5.02. The van der Waals surface area contributed by atoms with E-state index in [1.807, 2.05) is 0 Å². The second-order valence-corrected chi connectivity index (χ2v) is 4.88. The number of nitro benzene ring substituents is 1. The van der Waals surface area contributed by atoms with Crippen molar-refractivity contribution < 1.29 is 38.1 Å². The molecule has 1 atom stereocenters. The lowest BCUT2D eigenvalue weighted by atomic mass is 10.3. The third kappa shape index (κ3) is 7.44. The van der Waals surface area contributed by atoms with Crippen LogP contribution in [0.4, 0.5) is 10.5 Å². The predicted octanol–water partition coefficient (Wildman–Crippen LogP) is 1.86. The van der Waals surface area contributed by atoms with E-state index in [4.69, 9.17) is 28.4 Å². The van der Waals surface area contributed by atoms with Crippen LogP contribution in [0.5, 0.6) is 5.75 Å². The fraction of sp³-hybridized carbons (Fsp3) is 0.533. The number of non-ortho nitro benzene ring substituents is 1. The molecule has 1 saturated heterocycles. The van der Waals surface area contributed by atoms with E-state index in [2.05, 4.69) is 0 Å². The van der Waals surface area contributed by atoms with Gasteiger partial charge < -0.3 is 28.4 Å². The van der Waals surface area contributed by atoms with Gasteiger partial charge in [0.2, 0.25) is 6.29 Å². The summed E-state index contributed by atoms with van der Waals surface area (Å²) in [4.78, 5) is 21.8. The summed E-state index contributed by atoms with van der Waals surface area (Å²) >= 11 is 0. The average molecular weight is 357 g/mol. The zero-order valence-corrected chi connectivity index (χ0v) is 13.5. The van der Waals surface area contributed by atoms with E-state index in [0.29, 0.717) is 32.8 Å². The standard InChI is InChI=1S/C15H19NO9/c17-15(24-13-4-2-12(3-5-13)16(18)19)25-14-10-22-11-21-9-8-20-6-1-7-23-14/h2-5,14H,1,6-11H2. The van der Waals surface area contributed by atoms with E-state index in [0.717, 1.165) is 0 Å². The molecule has 0 aromatic heterocycles. The second kappa shape index (κ2) is 10.6. The second-order valence-electron chi connectivity index (χ2n) is 4.88. The van der Waals surface area contributed by atoms with Crippen molar-refractivity contribution in [3.8, 4) is 5.75 Å². The number of ether oxygens (including phenoxy) is 6. The van der Waals surface area contributed by atoms with Crippen LogP contribution in [-0.2, 0) is 23.7 Å². The highest BCUT2D eigenvalue weighted by Gasteiger charge is 2.18. The molecule has 0 bridgehead atoms. The number of nitrogens with zero attached hydrogens (tertiary/aromatic N) is 1. The fourth-order valence-electron chi connectivity index (χ4n) is 1.84. The Morgan fingerprint density at radius 1 is 1.08 bits per heavy atom. The van der Waals surface area contributed by atoms with E-state index in [1.54, 1.807) is 0 Å². The molecule has 25 heavy (non-hydrogen) atoms. The molecule has 1 aromatic rings. The number of hydrogen-bond donors (Lipinski definition) is 0. The lowest BCUT2D eigenvalue weighted by molar-refractivity contribution is -0.384. The minimum Gasteiger partial charge on any atom is -0.401 e. The minimum absolute atomic E-state index is 0.0176. The SMILES string of the molecule is O=C(Oc1ccc([N+](=O)[O-])cc1)OC1COCOCCOCCCO1. The number of carbonyl (C=O) groups excluding carboxylic acids is 1. The quantitative estimate of drug-likeness (QED) is 0.346. The van der Waals surface area contributed by atoms with Gasteiger partial charge in [-0.3, -0.25) is 10.1 Å². The first-order chi connectivity index (χ1) is 12.1. The van der Waals surface area contributed by atoms with Gasteiger partial charge in [-0.05, 0) is 18.6 Å². The number of rotatable bonds is 3. The fourth-order valence-corrected chi connectivity index (χ4v) is 1.84. The molecule has 1 aliphatic rings. The summed E-state index contributed by atoms with van der Waals surface area (Å²) in [7, 11) is 0. The van der Waals surface area contributed by atoms with Gasteiger partial charge in [-0.25, -0.2) is 4.79 Å². The van der Waals surface area contributed by atoms with E-state index < -0.39 is 17.4 Å². The van der Waals surface area contributed by atoms with Crippen LogP contribution in [0, 0.1) is 10.1 Å². The van der Waals surface area contributed by atoms with Crippen molar-refractivity contribution in [2.24, 2.45) is 0 Å². The number of nitro groups is 1. The van der Waals surface area contributed by atoms with Crippen molar-refractivity contribution in [1.82, 2.24) is 0 Å². The summed E-state index contributed by atoms with van der Waals surface area (Å²) in [6.07, 6.45) is -1.35. The normalized spacial score (nSPS) is 19.9.